The van der Waals surface area contributed by atoms with Crippen molar-refractivity contribution in [3.8, 4) is 0 Å². The van der Waals surface area contributed by atoms with Gasteiger partial charge in [-0.15, -0.1) is 0 Å². The monoisotopic (exact) mass is 478 g/mol. The van der Waals surface area contributed by atoms with E-state index < -0.39 is 23.9 Å². The molecule has 0 spiro atoms. The van der Waals surface area contributed by atoms with Gasteiger partial charge in [-0.1, -0.05) is 0 Å². The van der Waals surface area contributed by atoms with Gasteiger partial charge in [0.25, 0.3) is 0 Å². The predicted octanol–water partition coefficient (Wildman–Crippen LogP) is -5.74. The molecule has 103 valence electrons. The molecule has 0 aromatic heterocycles. The van der Waals surface area contributed by atoms with Gasteiger partial charge in [0.15, 0.2) is 0 Å². The Morgan fingerprint density at radius 3 is 0.556 bits per heavy atom. The molecule has 0 unspecified atom stereocenters. The number of carbonyl (C=O) groups excluding carboxylic acids is 4. The zero-order valence-electron chi connectivity index (χ0n) is 10.2. The van der Waals surface area contributed by atoms with E-state index in [2.05, 4.69) is 0 Å². The number of carboxylic acid groups (broad SMARTS) is 4. The molecule has 0 rings (SSSR count). The van der Waals surface area contributed by atoms with Crippen LogP contribution in [0.25, 0.3) is 0 Å². The molecule has 10 heteroatoms. The van der Waals surface area contributed by atoms with Crippen molar-refractivity contribution in [3.05, 3.63) is 0 Å². The number of carboxylic acids is 4. The van der Waals surface area contributed by atoms with Crippen LogP contribution in [0.2, 0.25) is 0 Å². The van der Waals surface area contributed by atoms with Crippen molar-refractivity contribution in [2.24, 2.45) is 0 Å². The van der Waals surface area contributed by atoms with Gasteiger partial charge in [0, 0.05) is 48.3 Å². The zero-order chi connectivity index (χ0) is 14.3. The normalized spacial score (nSPS) is 5.56. The molecule has 0 aliphatic rings. The molecular weight excluding hydrogens is 468 g/mol. The minimum absolute atomic E-state index is 0. The second-order valence-electron chi connectivity index (χ2n) is 1.97. The van der Waals surface area contributed by atoms with Crippen molar-refractivity contribution in [1.82, 2.24) is 0 Å². The average molecular weight is 480 g/mol. The Morgan fingerprint density at radius 2 is 0.556 bits per heavy atom. The van der Waals surface area contributed by atoms with E-state index in [1.165, 1.54) is 0 Å². The maximum absolute atomic E-state index is 8.89. The first-order valence-electron chi connectivity index (χ1n) is 3.63. The summed E-state index contributed by atoms with van der Waals surface area (Å²) >= 11 is 0. The van der Waals surface area contributed by atoms with Crippen molar-refractivity contribution in [3.63, 3.8) is 0 Å². The third kappa shape index (κ3) is 14000. The summed E-state index contributed by atoms with van der Waals surface area (Å²) in [6.07, 6.45) is 0. The van der Waals surface area contributed by atoms with Crippen LogP contribution in [0.15, 0.2) is 0 Å². The first kappa shape index (κ1) is 36.0. The standard InChI is InChI=1S/4C2H4O2.2Sb/c4*1-2(3)4;;/h4*1H3,(H,3,4);;/q;;;;;+3/p-4. The summed E-state index contributed by atoms with van der Waals surface area (Å²) < 4.78 is 0. The number of carbonyl (C=O) groups is 4. The van der Waals surface area contributed by atoms with Crippen molar-refractivity contribution >= 4 is 72.7 Å². The van der Waals surface area contributed by atoms with E-state index in [0.29, 0.717) is 0 Å². The molecule has 0 aliphatic heterocycles. The molecular formula is C8H12O8Sb2-. The van der Waals surface area contributed by atoms with Crippen molar-refractivity contribution in [1.29, 1.82) is 0 Å². The molecule has 0 heterocycles. The molecule has 0 aromatic rings. The fraction of sp³-hybridized carbons (Fsp3) is 0.500. The molecule has 0 N–H and O–H groups in total. The molecule has 0 saturated carbocycles. The fourth-order valence-corrected chi connectivity index (χ4v) is 0. The summed E-state index contributed by atoms with van der Waals surface area (Å²) in [4.78, 5) is 35.6. The third-order valence-corrected chi connectivity index (χ3v) is 0. The van der Waals surface area contributed by atoms with Crippen LogP contribution >= 0.6 is 0 Å². The Balaban J connectivity index is -0.0000000257. The molecule has 0 bridgehead atoms. The van der Waals surface area contributed by atoms with E-state index in [9.17, 15) is 0 Å². The summed E-state index contributed by atoms with van der Waals surface area (Å²) in [7, 11) is 0. The molecule has 8 nitrogen and oxygen atoms in total. The van der Waals surface area contributed by atoms with Crippen LogP contribution in [0.4, 0.5) is 0 Å². The van der Waals surface area contributed by atoms with Gasteiger partial charge in [0.05, 0.1) is 0 Å². The first-order chi connectivity index (χ1) is 6.93. The van der Waals surface area contributed by atoms with E-state index in [0.717, 1.165) is 27.7 Å². The maximum Gasteiger partial charge on any atom is 3.00 e. The molecule has 0 aliphatic carbocycles. The Hall–Kier alpha value is -0.484. The Labute approximate surface area is 139 Å². The molecule has 18 heavy (non-hydrogen) atoms. The summed E-state index contributed by atoms with van der Waals surface area (Å²) in [5, 5.41) is 35.6. The molecule has 0 atom stereocenters. The molecule has 5 radical (unpaired) electrons. The second-order valence-corrected chi connectivity index (χ2v) is 1.97. The van der Waals surface area contributed by atoms with E-state index in [1.54, 1.807) is 0 Å². The van der Waals surface area contributed by atoms with Gasteiger partial charge in [-0.3, -0.25) is 0 Å². The number of aliphatic carboxylic acids is 4. The topological polar surface area (TPSA) is 161 Å². The quantitative estimate of drug-likeness (QED) is 0.311. The van der Waals surface area contributed by atoms with Crippen LogP contribution in [0.5, 0.6) is 0 Å². The van der Waals surface area contributed by atoms with Gasteiger partial charge in [-0.25, -0.2) is 0 Å². The maximum atomic E-state index is 8.89. The van der Waals surface area contributed by atoms with E-state index in [-0.39, 0.29) is 48.9 Å². The zero-order valence-corrected chi connectivity index (χ0v) is 15.3. The van der Waals surface area contributed by atoms with Crippen molar-refractivity contribution in [2.45, 2.75) is 27.7 Å². The van der Waals surface area contributed by atoms with E-state index in [1.807, 2.05) is 0 Å². The van der Waals surface area contributed by atoms with Crippen molar-refractivity contribution < 1.29 is 39.6 Å². The second kappa shape index (κ2) is 30.0. The number of hydrogen-bond acceptors (Lipinski definition) is 8. The number of rotatable bonds is 0. The van der Waals surface area contributed by atoms with Gasteiger partial charge in [0.1, 0.15) is 0 Å². The largest absolute Gasteiger partial charge is 3.00 e. The van der Waals surface area contributed by atoms with Crippen LogP contribution in [0.3, 0.4) is 0 Å². The smallest absolute Gasteiger partial charge is 0.550 e. The van der Waals surface area contributed by atoms with Crippen LogP contribution in [0, 0.1) is 0 Å². The van der Waals surface area contributed by atoms with Crippen molar-refractivity contribution in [2.75, 3.05) is 0 Å². The van der Waals surface area contributed by atoms with E-state index in [4.69, 9.17) is 39.6 Å². The third-order valence-electron chi connectivity index (χ3n) is 0. The van der Waals surface area contributed by atoms with Gasteiger partial charge in [-0.2, -0.15) is 0 Å². The van der Waals surface area contributed by atoms with Gasteiger partial charge in [0.2, 0.25) is 0 Å². The summed E-state index contributed by atoms with van der Waals surface area (Å²) in [5.74, 6) is -4.33. The Morgan fingerprint density at radius 1 is 0.556 bits per heavy atom. The van der Waals surface area contributed by atoms with E-state index >= 15 is 0 Å². The predicted molar refractivity (Wildman–Crippen MR) is 54.2 cm³/mol. The fourth-order valence-electron chi connectivity index (χ4n) is 0. The average Bonchev–Trinajstić information content (AvgIpc) is 1.76. The minimum Gasteiger partial charge on any atom is -0.550 e. The molecule has 0 amide bonds. The molecule has 0 saturated heterocycles. The molecule has 0 aromatic carbocycles. The summed E-state index contributed by atoms with van der Waals surface area (Å²) in [5.41, 5.74) is 0. The van der Waals surface area contributed by atoms with Gasteiger partial charge >= 0.3 is 24.4 Å². The molecule has 0 fully saturated rings. The van der Waals surface area contributed by atoms with Crippen LogP contribution in [-0.2, 0) is 19.2 Å². The Kier molecular flexibility index (Phi) is 60.0. The van der Waals surface area contributed by atoms with Crippen LogP contribution < -0.4 is 20.4 Å². The SMILES string of the molecule is CC(=O)[O-].CC(=O)[O-].CC(=O)[O-].CC(=O)[O-].[Sb+3].[Sb]. The van der Waals surface area contributed by atoms with Crippen LogP contribution in [0.1, 0.15) is 27.7 Å². The Bertz CT molecular complexity index is 165. The summed E-state index contributed by atoms with van der Waals surface area (Å²) in [6, 6.07) is 0. The van der Waals surface area contributed by atoms with Crippen LogP contribution in [-0.4, -0.2) is 72.7 Å². The summed E-state index contributed by atoms with van der Waals surface area (Å²) in [6.45, 7) is 3.89. The number of hydrogen-bond donors (Lipinski definition) is 0. The minimum atomic E-state index is -1.08. The van der Waals surface area contributed by atoms with Gasteiger partial charge < -0.3 is 39.6 Å². The van der Waals surface area contributed by atoms with Gasteiger partial charge in [-0.05, 0) is 27.7 Å². The first-order valence-corrected chi connectivity index (χ1v) is 3.63.